The zero-order valence-electron chi connectivity index (χ0n) is 11.9. The van der Waals surface area contributed by atoms with E-state index in [-0.39, 0.29) is 11.3 Å². The third kappa shape index (κ3) is 2.48. The molecule has 0 bridgehead atoms. The number of piperidine rings is 1. The Hall–Kier alpha value is -1.10. The van der Waals surface area contributed by atoms with E-state index in [1.165, 1.54) is 0 Å². The Morgan fingerprint density at radius 1 is 1.26 bits per heavy atom. The second-order valence-electron chi connectivity index (χ2n) is 6.23. The van der Waals surface area contributed by atoms with Crippen LogP contribution in [0.5, 0.6) is 0 Å². The van der Waals surface area contributed by atoms with Crippen molar-refractivity contribution in [3.8, 4) is 0 Å². The number of carbonyl (C=O) groups excluding carboxylic acids is 1. The molecular formula is C14H24N2O3. The van der Waals surface area contributed by atoms with Gasteiger partial charge in [0.05, 0.1) is 10.8 Å². The van der Waals surface area contributed by atoms with Crippen molar-refractivity contribution in [3.05, 3.63) is 0 Å². The molecular weight excluding hydrogens is 244 g/mol. The Kier molecular flexibility index (Phi) is 3.85. The molecule has 1 atom stereocenters. The number of carbonyl (C=O) groups is 2. The van der Waals surface area contributed by atoms with Crippen LogP contribution in [0.2, 0.25) is 0 Å². The molecule has 2 rings (SSSR count). The number of hydrogen-bond acceptors (Lipinski definition) is 3. The van der Waals surface area contributed by atoms with Gasteiger partial charge >= 0.3 is 5.97 Å². The Morgan fingerprint density at radius 2 is 1.89 bits per heavy atom. The van der Waals surface area contributed by atoms with Gasteiger partial charge in [-0.15, -0.1) is 0 Å². The zero-order valence-corrected chi connectivity index (χ0v) is 11.9. The number of rotatable bonds is 3. The number of hydrogen-bond donors (Lipinski definition) is 2. The number of likely N-dealkylation sites (tertiary alicyclic amines) is 1. The van der Waals surface area contributed by atoms with Gasteiger partial charge in [0.15, 0.2) is 0 Å². The first-order valence-electron chi connectivity index (χ1n) is 7.17. The summed E-state index contributed by atoms with van der Waals surface area (Å²) in [5.74, 6) is -0.625. The Morgan fingerprint density at radius 3 is 2.37 bits per heavy atom. The first-order valence-corrected chi connectivity index (χ1v) is 7.17. The lowest BCUT2D eigenvalue weighted by molar-refractivity contribution is -0.148. The van der Waals surface area contributed by atoms with Crippen LogP contribution < -0.4 is 5.32 Å². The highest BCUT2D eigenvalue weighted by molar-refractivity contribution is 5.85. The maximum atomic E-state index is 12.8. The molecule has 0 aliphatic carbocycles. The number of amides is 1. The molecule has 5 heteroatoms. The number of carboxylic acids is 1. The van der Waals surface area contributed by atoms with E-state index in [2.05, 4.69) is 12.2 Å². The first-order chi connectivity index (χ1) is 8.93. The molecule has 5 nitrogen and oxygen atoms in total. The van der Waals surface area contributed by atoms with Crippen molar-refractivity contribution in [3.63, 3.8) is 0 Å². The molecule has 0 aromatic carbocycles. The van der Waals surface area contributed by atoms with E-state index >= 15 is 0 Å². The third-order valence-corrected chi connectivity index (χ3v) is 4.97. The maximum absolute atomic E-state index is 12.8. The summed E-state index contributed by atoms with van der Waals surface area (Å²) in [6.45, 7) is 6.50. The molecule has 2 fully saturated rings. The standard InChI is InChI=1S/C14H24N2O3/c1-3-14(4-7-15-8-5-14)11(17)16-9-6-13(2,10-16)12(18)19/h15H,3-10H2,1-2H3,(H,18,19). The van der Waals surface area contributed by atoms with Gasteiger partial charge in [-0.05, 0) is 45.7 Å². The second-order valence-corrected chi connectivity index (χ2v) is 6.23. The van der Waals surface area contributed by atoms with Crippen molar-refractivity contribution in [1.82, 2.24) is 10.2 Å². The largest absolute Gasteiger partial charge is 0.481 e. The van der Waals surface area contributed by atoms with Gasteiger partial charge in [-0.1, -0.05) is 6.92 Å². The molecule has 0 aromatic heterocycles. The smallest absolute Gasteiger partial charge is 0.311 e. The summed E-state index contributed by atoms with van der Waals surface area (Å²) in [7, 11) is 0. The topological polar surface area (TPSA) is 69.6 Å². The SMILES string of the molecule is CCC1(C(=O)N2CCC(C)(C(=O)O)C2)CCNCC1. The molecule has 0 aromatic rings. The van der Waals surface area contributed by atoms with Crippen LogP contribution >= 0.6 is 0 Å². The van der Waals surface area contributed by atoms with Crippen LogP contribution in [0.4, 0.5) is 0 Å². The fourth-order valence-corrected chi connectivity index (χ4v) is 3.27. The summed E-state index contributed by atoms with van der Waals surface area (Å²) >= 11 is 0. The third-order valence-electron chi connectivity index (χ3n) is 4.97. The molecule has 1 amide bonds. The summed E-state index contributed by atoms with van der Waals surface area (Å²) in [6.07, 6.45) is 3.13. The summed E-state index contributed by atoms with van der Waals surface area (Å²) in [4.78, 5) is 25.8. The van der Waals surface area contributed by atoms with Crippen molar-refractivity contribution >= 4 is 11.9 Å². The van der Waals surface area contributed by atoms with Gasteiger partial charge in [-0.2, -0.15) is 0 Å². The number of aliphatic carboxylic acids is 1. The van der Waals surface area contributed by atoms with Crippen molar-refractivity contribution in [2.24, 2.45) is 10.8 Å². The van der Waals surface area contributed by atoms with Gasteiger partial charge in [-0.25, -0.2) is 0 Å². The molecule has 1 unspecified atom stereocenters. The summed E-state index contributed by atoms with van der Waals surface area (Å²) in [5.41, 5.74) is -1.04. The molecule has 2 aliphatic rings. The van der Waals surface area contributed by atoms with Gasteiger partial charge in [0.25, 0.3) is 0 Å². The van der Waals surface area contributed by atoms with E-state index in [9.17, 15) is 14.7 Å². The fourth-order valence-electron chi connectivity index (χ4n) is 3.27. The Labute approximate surface area is 114 Å². The second kappa shape index (κ2) is 5.12. The molecule has 0 radical (unpaired) electrons. The number of carboxylic acid groups (broad SMARTS) is 1. The minimum atomic E-state index is -0.793. The van der Waals surface area contributed by atoms with Gasteiger partial charge in [-0.3, -0.25) is 9.59 Å². The average molecular weight is 268 g/mol. The Balaban J connectivity index is 2.10. The van der Waals surface area contributed by atoms with E-state index in [1.54, 1.807) is 11.8 Å². The quantitative estimate of drug-likeness (QED) is 0.804. The highest BCUT2D eigenvalue weighted by atomic mass is 16.4. The first kappa shape index (κ1) is 14.3. The summed E-state index contributed by atoms with van der Waals surface area (Å²) in [6, 6.07) is 0. The molecule has 2 N–H and O–H groups in total. The average Bonchev–Trinajstić information content (AvgIpc) is 2.83. The maximum Gasteiger partial charge on any atom is 0.311 e. The fraction of sp³-hybridized carbons (Fsp3) is 0.857. The Bertz CT molecular complexity index is 377. The van der Waals surface area contributed by atoms with E-state index in [1.807, 2.05) is 0 Å². The van der Waals surface area contributed by atoms with Gasteiger partial charge in [0.1, 0.15) is 0 Å². The molecule has 19 heavy (non-hydrogen) atoms. The van der Waals surface area contributed by atoms with E-state index in [4.69, 9.17) is 0 Å². The molecule has 2 saturated heterocycles. The van der Waals surface area contributed by atoms with E-state index in [0.29, 0.717) is 19.5 Å². The van der Waals surface area contributed by atoms with E-state index < -0.39 is 11.4 Å². The highest BCUT2D eigenvalue weighted by Gasteiger charge is 2.47. The number of nitrogens with one attached hydrogen (secondary N) is 1. The zero-order chi connectivity index (χ0) is 14.1. The van der Waals surface area contributed by atoms with Gasteiger partial charge in [0.2, 0.25) is 5.91 Å². The summed E-state index contributed by atoms with van der Waals surface area (Å²) in [5, 5.41) is 12.5. The molecule has 2 aliphatic heterocycles. The number of nitrogens with zero attached hydrogens (tertiary/aromatic N) is 1. The van der Waals surface area contributed by atoms with Crippen molar-refractivity contribution in [1.29, 1.82) is 0 Å². The molecule has 0 saturated carbocycles. The van der Waals surface area contributed by atoms with Crippen LogP contribution in [0.25, 0.3) is 0 Å². The van der Waals surface area contributed by atoms with Crippen molar-refractivity contribution in [2.45, 2.75) is 39.5 Å². The van der Waals surface area contributed by atoms with Crippen LogP contribution in [-0.2, 0) is 9.59 Å². The van der Waals surface area contributed by atoms with E-state index in [0.717, 1.165) is 32.4 Å². The monoisotopic (exact) mass is 268 g/mol. The minimum absolute atomic E-state index is 0.168. The van der Waals surface area contributed by atoms with Crippen LogP contribution in [-0.4, -0.2) is 48.1 Å². The van der Waals surface area contributed by atoms with Gasteiger partial charge < -0.3 is 15.3 Å². The predicted molar refractivity (Wildman–Crippen MR) is 71.8 cm³/mol. The lowest BCUT2D eigenvalue weighted by atomic mass is 9.75. The molecule has 0 spiro atoms. The van der Waals surface area contributed by atoms with Crippen LogP contribution in [0.1, 0.15) is 39.5 Å². The molecule has 2 heterocycles. The van der Waals surface area contributed by atoms with Crippen molar-refractivity contribution in [2.75, 3.05) is 26.2 Å². The van der Waals surface area contributed by atoms with Crippen LogP contribution in [0, 0.1) is 10.8 Å². The lowest BCUT2D eigenvalue weighted by Crippen LogP contribution is -2.49. The highest BCUT2D eigenvalue weighted by Crippen LogP contribution is 2.38. The van der Waals surface area contributed by atoms with Crippen molar-refractivity contribution < 1.29 is 14.7 Å². The van der Waals surface area contributed by atoms with Crippen LogP contribution in [0.3, 0.4) is 0 Å². The van der Waals surface area contributed by atoms with Crippen LogP contribution in [0.15, 0.2) is 0 Å². The van der Waals surface area contributed by atoms with Gasteiger partial charge in [0, 0.05) is 13.1 Å². The normalized spacial score (nSPS) is 30.3. The lowest BCUT2D eigenvalue weighted by Gasteiger charge is -2.38. The minimum Gasteiger partial charge on any atom is -0.481 e. The molecule has 108 valence electrons. The summed E-state index contributed by atoms with van der Waals surface area (Å²) < 4.78 is 0. The predicted octanol–water partition coefficient (Wildman–Crippen LogP) is 1.09.